The van der Waals surface area contributed by atoms with Crippen LogP contribution in [-0.4, -0.2) is 57.4 Å². The van der Waals surface area contributed by atoms with E-state index < -0.39 is 0 Å². The first kappa shape index (κ1) is 24.4. The van der Waals surface area contributed by atoms with Crippen LogP contribution in [0.1, 0.15) is 29.5 Å². The van der Waals surface area contributed by atoms with E-state index in [0.717, 1.165) is 58.6 Å². The van der Waals surface area contributed by atoms with Gasteiger partial charge in [-0.2, -0.15) is 0 Å². The number of aliphatic hydroxyl groups is 1. The van der Waals surface area contributed by atoms with Gasteiger partial charge in [0.25, 0.3) is 0 Å². The van der Waals surface area contributed by atoms with Crippen molar-refractivity contribution < 1.29 is 10.2 Å². The van der Waals surface area contributed by atoms with Gasteiger partial charge in [0, 0.05) is 18.7 Å². The van der Waals surface area contributed by atoms with Crippen LogP contribution < -0.4 is 0 Å². The number of phenols is 1. The molecular formula is C29H32N4O2. The van der Waals surface area contributed by atoms with Gasteiger partial charge in [-0.15, -0.1) is 5.10 Å². The number of phenolic OH excluding ortho intramolecular Hbond substituents is 1. The smallest absolute Gasteiger partial charge is 0.115 e. The summed E-state index contributed by atoms with van der Waals surface area (Å²) in [7, 11) is 4.08. The van der Waals surface area contributed by atoms with Gasteiger partial charge >= 0.3 is 0 Å². The maximum absolute atomic E-state index is 9.87. The summed E-state index contributed by atoms with van der Waals surface area (Å²) in [5.41, 5.74) is 7.30. The van der Waals surface area contributed by atoms with Crippen LogP contribution >= 0.6 is 0 Å². The second-order valence-corrected chi connectivity index (χ2v) is 8.84. The summed E-state index contributed by atoms with van der Waals surface area (Å²) in [6.07, 6.45) is 3.38. The minimum atomic E-state index is 0.127. The summed E-state index contributed by atoms with van der Waals surface area (Å²) in [5, 5.41) is 28.1. The third-order valence-corrected chi connectivity index (χ3v) is 5.95. The molecule has 1 heterocycles. The molecule has 0 saturated carbocycles. The molecule has 0 aliphatic carbocycles. The van der Waals surface area contributed by atoms with E-state index in [1.165, 1.54) is 0 Å². The zero-order valence-electron chi connectivity index (χ0n) is 20.3. The normalized spacial score (nSPS) is 12.1. The molecule has 35 heavy (non-hydrogen) atoms. The Labute approximate surface area is 206 Å². The Morgan fingerprint density at radius 2 is 1.51 bits per heavy atom. The molecule has 0 bridgehead atoms. The maximum Gasteiger partial charge on any atom is 0.115 e. The predicted octanol–water partition coefficient (Wildman–Crippen LogP) is 4.94. The van der Waals surface area contributed by atoms with Crippen LogP contribution in [0.5, 0.6) is 5.75 Å². The number of allylic oxidation sites excluding steroid dienone is 1. The fourth-order valence-electron chi connectivity index (χ4n) is 4.10. The minimum Gasteiger partial charge on any atom is -0.508 e. The summed E-state index contributed by atoms with van der Waals surface area (Å²) in [5.74, 6) is 0.234. The summed E-state index contributed by atoms with van der Waals surface area (Å²) in [6.45, 7) is 1.82. The molecule has 2 N–H and O–H groups in total. The molecule has 0 unspecified atom stereocenters. The standard InChI is InChI=1S/C29H32N4O2/c1-32(2)18-19-33-21-28(30-31-33)23-10-12-24(13-11-23)29(25-14-16-26(35)17-15-25)27(9-6-20-34)22-7-4-3-5-8-22/h3-5,7-8,10-17,21,34-35H,6,9,18-20H2,1-2H3. The van der Waals surface area contributed by atoms with Gasteiger partial charge in [-0.05, 0) is 66.9 Å². The average Bonchev–Trinajstić information content (AvgIpc) is 3.36. The summed E-state index contributed by atoms with van der Waals surface area (Å²) < 4.78 is 1.87. The molecule has 0 aliphatic heterocycles. The number of aromatic hydroxyl groups is 1. The van der Waals surface area contributed by atoms with E-state index in [9.17, 15) is 10.2 Å². The van der Waals surface area contributed by atoms with Crippen molar-refractivity contribution in [2.45, 2.75) is 19.4 Å². The monoisotopic (exact) mass is 468 g/mol. The Hall–Kier alpha value is -3.74. The average molecular weight is 469 g/mol. The fraction of sp³-hybridized carbons (Fsp3) is 0.241. The molecule has 4 rings (SSSR count). The number of hydrogen-bond donors (Lipinski definition) is 2. The highest BCUT2D eigenvalue weighted by molar-refractivity contribution is 5.98. The van der Waals surface area contributed by atoms with Gasteiger partial charge in [-0.25, -0.2) is 0 Å². The lowest BCUT2D eigenvalue weighted by atomic mass is 9.87. The van der Waals surface area contributed by atoms with Gasteiger partial charge in [0.2, 0.25) is 0 Å². The molecule has 0 amide bonds. The zero-order valence-corrected chi connectivity index (χ0v) is 20.3. The van der Waals surface area contributed by atoms with Gasteiger partial charge < -0.3 is 15.1 Å². The summed E-state index contributed by atoms with van der Waals surface area (Å²) in [4.78, 5) is 2.12. The number of hydrogen-bond acceptors (Lipinski definition) is 5. The van der Waals surface area contributed by atoms with Crippen molar-refractivity contribution in [2.24, 2.45) is 0 Å². The number of aliphatic hydroxyl groups excluding tert-OH is 1. The first-order valence-corrected chi connectivity index (χ1v) is 11.9. The lowest BCUT2D eigenvalue weighted by Crippen LogP contribution is -2.18. The number of nitrogens with zero attached hydrogens (tertiary/aromatic N) is 4. The summed E-state index contributed by atoms with van der Waals surface area (Å²) in [6, 6.07) is 26.0. The van der Waals surface area contributed by atoms with E-state index in [2.05, 4.69) is 51.6 Å². The van der Waals surface area contributed by atoms with E-state index >= 15 is 0 Å². The number of likely N-dealkylation sites (N-methyl/N-ethyl adjacent to an activating group) is 1. The minimum absolute atomic E-state index is 0.127. The number of benzene rings is 3. The Morgan fingerprint density at radius 1 is 0.857 bits per heavy atom. The van der Waals surface area contributed by atoms with E-state index in [1.54, 1.807) is 12.1 Å². The molecule has 0 fully saturated rings. The van der Waals surface area contributed by atoms with Crippen molar-refractivity contribution in [3.05, 3.63) is 102 Å². The predicted molar refractivity (Wildman–Crippen MR) is 141 cm³/mol. The summed E-state index contributed by atoms with van der Waals surface area (Å²) >= 11 is 0. The van der Waals surface area contributed by atoms with Crippen LogP contribution in [0.15, 0.2) is 85.1 Å². The van der Waals surface area contributed by atoms with Crippen LogP contribution in [0.2, 0.25) is 0 Å². The highest BCUT2D eigenvalue weighted by Gasteiger charge is 2.15. The van der Waals surface area contributed by atoms with Crippen molar-refractivity contribution in [2.75, 3.05) is 27.2 Å². The Morgan fingerprint density at radius 3 is 2.14 bits per heavy atom. The van der Waals surface area contributed by atoms with Crippen LogP contribution in [0.3, 0.4) is 0 Å². The molecule has 0 aliphatic rings. The molecule has 180 valence electrons. The van der Waals surface area contributed by atoms with Gasteiger partial charge in [0.1, 0.15) is 11.4 Å². The Balaban J connectivity index is 1.75. The largest absolute Gasteiger partial charge is 0.508 e. The molecule has 6 heteroatoms. The second kappa shape index (κ2) is 11.6. The van der Waals surface area contributed by atoms with Gasteiger partial charge in [0.05, 0.1) is 12.7 Å². The first-order chi connectivity index (χ1) is 17.0. The van der Waals surface area contributed by atoms with Crippen molar-refractivity contribution in [1.82, 2.24) is 19.9 Å². The second-order valence-electron chi connectivity index (χ2n) is 8.84. The van der Waals surface area contributed by atoms with Crippen molar-refractivity contribution in [1.29, 1.82) is 0 Å². The van der Waals surface area contributed by atoms with E-state index in [1.807, 2.05) is 55.3 Å². The lowest BCUT2D eigenvalue weighted by Gasteiger charge is -2.18. The maximum atomic E-state index is 9.87. The van der Waals surface area contributed by atoms with E-state index in [4.69, 9.17) is 0 Å². The Kier molecular flexibility index (Phi) is 8.08. The van der Waals surface area contributed by atoms with Crippen molar-refractivity contribution in [3.63, 3.8) is 0 Å². The Bertz CT molecular complexity index is 1240. The topological polar surface area (TPSA) is 74.4 Å². The molecule has 4 aromatic rings. The van der Waals surface area contributed by atoms with Crippen molar-refractivity contribution in [3.8, 4) is 17.0 Å². The van der Waals surface area contributed by atoms with Crippen LogP contribution in [0.4, 0.5) is 0 Å². The van der Waals surface area contributed by atoms with Crippen molar-refractivity contribution >= 4 is 11.1 Å². The van der Waals surface area contributed by atoms with E-state index in [-0.39, 0.29) is 12.4 Å². The molecule has 0 atom stereocenters. The third kappa shape index (κ3) is 6.23. The van der Waals surface area contributed by atoms with E-state index in [0.29, 0.717) is 6.42 Å². The number of aromatic nitrogens is 3. The third-order valence-electron chi connectivity index (χ3n) is 5.95. The van der Waals surface area contributed by atoms with Gasteiger partial charge in [-0.3, -0.25) is 4.68 Å². The molecule has 1 aromatic heterocycles. The van der Waals surface area contributed by atoms with Crippen LogP contribution in [0.25, 0.3) is 22.4 Å². The van der Waals surface area contributed by atoms with Gasteiger partial charge in [-0.1, -0.05) is 71.9 Å². The fourth-order valence-corrected chi connectivity index (χ4v) is 4.10. The molecular weight excluding hydrogens is 436 g/mol. The number of rotatable bonds is 10. The zero-order chi connectivity index (χ0) is 24.6. The molecule has 0 radical (unpaired) electrons. The quantitative estimate of drug-likeness (QED) is 0.322. The van der Waals surface area contributed by atoms with Crippen LogP contribution in [0, 0.1) is 0 Å². The lowest BCUT2D eigenvalue weighted by molar-refractivity contribution is 0.290. The molecule has 6 nitrogen and oxygen atoms in total. The molecule has 3 aromatic carbocycles. The SMILES string of the molecule is CN(C)CCn1cc(-c2ccc(C(=C(CCCO)c3ccccc3)c3ccc(O)cc3)cc2)nn1. The molecule has 0 spiro atoms. The highest BCUT2D eigenvalue weighted by atomic mass is 16.3. The van der Waals surface area contributed by atoms with Crippen LogP contribution in [-0.2, 0) is 6.54 Å². The van der Waals surface area contributed by atoms with Gasteiger partial charge in [0.15, 0.2) is 0 Å². The molecule has 0 saturated heterocycles. The highest BCUT2D eigenvalue weighted by Crippen LogP contribution is 2.36. The first-order valence-electron chi connectivity index (χ1n) is 11.9.